The van der Waals surface area contributed by atoms with Gasteiger partial charge in [-0.05, 0) is 21.3 Å². The molecule has 0 aliphatic carbocycles. The van der Waals surface area contributed by atoms with Crippen molar-refractivity contribution < 1.29 is 15.1 Å². The summed E-state index contributed by atoms with van der Waals surface area (Å²) in [5.74, 6) is -0.193. The molecule has 0 bridgehead atoms. The van der Waals surface area contributed by atoms with E-state index in [1.807, 2.05) is 0 Å². The maximum atomic E-state index is 10.8. The Balaban J connectivity index is 0.00000361. The van der Waals surface area contributed by atoms with Gasteiger partial charge in [0.25, 0.3) is 5.69 Å². The molecule has 0 aliphatic rings. The fraction of sp³-hybridized carbons (Fsp3) is 0.500. The Kier molecular flexibility index (Phi) is 6.41. The second kappa shape index (κ2) is 6.71. The van der Waals surface area contributed by atoms with E-state index < -0.39 is 22.5 Å². The molecule has 0 radical (unpaired) electrons. The standard InChI is InChI=1S/C12H17BrN2O4.ClH/c1-12(2,3)11(17)9(14)7-4-6(15(18)19)5-8(13)10(7)16;/h4-5,9,11,16-17H,14H2,1-3H3;1H/t9-,11-;/m0./s1. The van der Waals surface area contributed by atoms with E-state index in [9.17, 15) is 20.3 Å². The number of aliphatic hydroxyl groups is 1. The molecule has 2 atom stereocenters. The summed E-state index contributed by atoms with van der Waals surface area (Å²) in [5, 5.41) is 30.9. The van der Waals surface area contributed by atoms with Crippen LogP contribution in [0.2, 0.25) is 0 Å². The lowest BCUT2D eigenvalue weighted by atomic mass is 9.82. The molecule has 0 fully saturated rings. The van der Waals surface area contributed by atoms with Gasteiger partial charge in [0.1, 0.15) is 5.75 Å². The van der Waals surface area contributed by atoms with Gasteiger partial charge in [0.05, 0.1) is 21.5 Å². The van der Waals surface area contributed by atoms with Crippen LogP contribution in [-0.4, -0.2) is 21.2 Å². The average Bonchev–Trinajstić information content (AvgIpc) is 2.29. The van der Waals surface area contributed by atoms with Crippen LogP contribution in [0.15, 0.2) is 16.6 Å². The number of phenolic OH excluding ortho intramolecular Hbond substituents is 1. The second-order valence-corrected chi connectivity index (χ2v) is 6.31. The highest BCUT2D eigenvalue weighted by atomic mass is 79.9. The highest BCUT2D eigenvalue weighted by Gasteiger charge is 2.32. The fourth-order valence-electron chi connectivity index (χ4n) is 1.67. The number of aromatic hydroxyl groups is 1. The smallest absolute Gasteiger partial charge is 0.271 e. The zero-order valence-corrected chi connectivity index (χ0v) is 13.7. The van der Waals surface area contributed by atoms with Crippen molar-refractivity contribution in [3.63, 3.8) is 0 Å². The molecule has 0 aromatic heterocycles. The van der Waals surface area contributed by atoms with Crippen molar-refractivity contribution in [1.29, 1.82) is 0 Å². The van der Waals surface area contributed by atoms with Crippen molar-refractivity contribution >= 4 is 34.0 Å². The molecule has 0 spiro atoms. The Morgan fingerprint density at radius 1 is 1.40 bits per heavy atom. The normalized spacial score (nSPS) is 14.3. The Bertz CT molecular complexity index is 505. The average molecular weight is 370 g/mol. The Morgan fingerprint density at radius 2 is 1.90 bits per heavy atom. The van der Waals surface area contributed by atoms with E-state index in [1.54, 1.807) is 20.8 Å². The zero-order valence-electron chi connectivity index (χ0n) is 11.3. The molecule has 8 heteroatoms. The van der Waals surface area contributed by atoms with Crippen molar-refractivity contribution in [2.45, 2.75) is 32.9 Å². The molecule has 20 heavy (non-hydrogen) atoms. The summed E-state index contributed by atoms with van der Waals surface area (Å²) in [4.78, 5) is 10.2. The number of nitrogens with zero attached hydrogens (tertiary/aromatic N) is 1. The van der Waals surface area contributed by atoms with Crippen LogP contribution < -0.4 is 5.73 Å². The highest BCUT2D eigenvalue weighted by molar-refractivity contribution is 9.10. The molecule has 0 saturated carbocycles. The van der Waals surface area contributed by atoms with Gasteiger partial charge in [-0.15, -0.1) is 12.4 Å². The van der Waals surface area contributed by atoms with Crippen molar-refractivity contribution in [1.82, 2.24) is 0 Å². The number of phenols is 1. The van der Waals surface area contributed by atoms with E-state index in [4.69, 9.17) is 5.73 Å². The first-order chi connectivity index (χ1) is 8.55. The first-order valence-corrected chi connectivity index (χ1v) is 6.45. The quantitative estimate of drug-likeness (QED) is 0.560. The van der Waals surface area contributed by atoms with Crippen LogP contribution in [0.25, 0.3) is 0 Å². The predicted octanol–water partition coefficient (Wildman–Crippen LogP) is 2.89. The number of nitro benzene ring substituents is 1. The van der Waals surface area contributed by atoms with Crippen LogP contribution in [0.5, 0.6) is 5.75 Å². The Hall–Kier alpha value is -0.890. The number of benzene rings is 1. The van der Waals surface area contributed by atoms with Crippen LogP contribution in [0.1, 0.15) is 32.4 Å². The molecule has 4 N–H and O–H groups in total. The first-order valence-electron chi connectivity index (χ1n) is 5.66. The van der Waals surface area contributed by atoms with Crippen LogP contribution in [0.3, 0.4) is 0 Å². The monoisotopic (exact) mass is 368 g/mol. The lowest BCUT2D eigenvalue weighted by Gasteiger charge is -2.31. The number of halogens is 2. The van der Waals surface area contributed by atoms with E-state index in [0.29, 0.717) is 0 Å². The van der Waals surface area contributed by atoms with Gasteiger partial charge in [-0.1, -0.05) is 20.8 Å². The number of rotatable bonds is 3. The lowest BCUT2D eigenvalue weighted by Crippen LogP contribution is -2.37. The number of hydrogen-bond donors (Lipinski definition) is 3. The summed E-state index contributed by atoms with van der Waals surface area (Å²) >= 11 is 3.04. The Labute approximate surface area is 131 Å². The van der Waals surface area contributed by atoms with Gasteiger partial charge in [-0.25, -0.2) is 0 Å². The van der Waals surface area contributed by atoms with Gasteiger partial charge in [0, 0.05) is 17.7 Å². The van der Waals surface area contributed by atoms with Crippen LogP contribution >= 0.6 is 28.3 Å². The summed E-state index contributed by atoms with van der Waals surface area (Å²) in [5.41, 5.74) is 5.34. The number of nitrogens with two attached hydrogens (primary N) is 1. The lowest BCUT2D eigenvalue weighted by molar-refractivity contribution is -0.385. The van der Waals surface area contributed by atoms with Gasteiger partial charge in [-0.3, -0.25) is 10.1 Å². The number of non-ortho nitro benzene ring substituents is 1. The molecule has 1 aromatic carbocycles. The molecule has 1 aromatic rings. The topological polar surface area (TPSA) is 110 Å². The minimum absolute atomic E-state index is 0. The molecular weight excluding hydrogens is 351 g/mol. The third kappa shape index (κ3) is 4.05. The van der Waals surface area contributed by atoms with Crippen LogP contribution in [-0.2, 0) is 0 Å². The largest absolute Gasteiger partial charge is 0.506 e. The van der Waals surface area contributed by atoms with Gasteiger partial charge in [0.15, 0.2) is 0 Å². The minimum atomic E-state index is -0.952. The molecule has 0 amide bonds. The summed E-state index contributed by atoms with van der Waals surface area (Å²) < 4.78 is 0.174. The van der Waals surface area contributed by atoms with Gasteiger partial charge < -0.3 is 15.9 Å². The maximum absolute atomic E-state index is 10.8. The van der Waals surface area contributed by atoms with E-state index in [-0.39, 0.29) is 33.9 Å². The molecule has 0 heterocycles. The van der Waals surface area contributed by atoms with Crippen LogP contribution in [0.4, 0.5) is 5.69 Å². The third-order valence-electron chi connectivity index (χ3n) is 2.88. The molecule has 0 saturated heterocycles. The van der Waals surface area contributed by atoms with Crippen molar-refractivity contribution in [2.24, 2.45) is 11.1 Å². The summed E-state index contributed by atoms with van der Waals surface area (Å²) in [6.45, 7) is 5.38. The number of aliphatic hydroxyl groups excluding tert-OH is 1. The van der Waals surface area contributed by atoms with Crippen molar-refractivity contribution in [2.75, 3.05) is 0 Å². The highest BCUT2D eigenvalue weighted by Crippen LogP contribution is 2.38. The predicted molar refractivity (Wildman–Crippen MR) is 82.1 cm³/mol. The molecule has 1 rings (SSSR count). The van der Waals surface area contributed by atoms with E-state index in [2.05, 4.69) is 15.9 Å². The SMILES string of the molecule is CC(C)(C)[C@@H](O)[C@@H](N)c1cc([N+](=O)[O-])cc(Br)c1O.Cl. The third-order valence-corrected chi connectivity index (χ3v) is 3.48. The molecule has 0 unspecified atom stereocenters. The van der Waals surface area contributed by atoms with Gasteiger partial charge >= 0.3 is 0 Å². The summed E-state index contributed by atoms with van der Waals surface area (Å²) in [7, 11) is 0. The molecular formula is C12H18BrClN2O4. The molecule has 6 nitrogen and oxygen atoms in total. The summed E-state index contributed by atoms with van der Waals surface area (Å²) in [6.07, 6.45) is -0.952. The van der Waals surface area contributed by atoms with Crippen molar-refractivity contribution in [3.05, 3.63) is 32.3 Å². The van der Waals surface area contributed by atoms with Crippen LogP contribution in [0, 0.1) is 15.5 Å². The minimum Gasteiger partial charge on any atom is -0.506 e. The maximum Gasteiger partial charge on any atom is 0.271 e. The zero-order chi connectivity index (χ0) is 15.0. The number of nitro groups is 1. The second-order valence-electron chi connectivity index (χ2n) is 5.46. The Morgan fingerprint density at radius 3 is 2.30 bits per heavy atom. The first kappa shape index (κ1) is 19.1. The van der Waals surface area contributed by atoms with Gasteiger partial charge in [-0.2, -0.15) is 0 Å². The summed E-state index contributed by atoms with van der Waals surface area (Å²) in [6, 6.07) is 1.45. The molecule has 114 valence electrons. The van der Waals surface area contributed by atoms with E-state index in [1.165, 1.54) is 12.1 Å². The van der Waals surface area contributed by atoms with E-state index in [0.717, 1.165) is 0 Å². The number of hydrogen-bond acceptors (Lipinski definition) is 5. The van der Waals surface area contributed by atoms with Gasteiger partial charge in [0.2, 0.25) is 0 Å². The van der Waals surface area contributed by atoms with Crippen molar-refractivity contribution in [3.8, 4) is 5.75 Å². The fourth-order valence-corrected chi connectivity index (χ4v) is 2.14. The molecule has 0 aliphatic heterocycles. The van der Waals surface area contributed by atoms with E-state index >= 15 is 0 Å².